The van der Waals surface area contributed by atoms with E-state index in [-0.39, 0.29) is 41.7 Å². The smallest absolute Gasteiger partial charge is 0.202 e. The largest absolute Gasteiger partial charge is 0.512 e. The van der Waals surface area contributed by atoms with Crippen LogP contribution in [0, 0.1) is 41.7 Å². The summed E-state index contributed by atoms with van der Waals surface area (Å²) in [7, 11) is -13.2. The molecule has 0 saturated heterocycles. The van der Waals surface area contributed by atoms with Crippen molar-refractivity contribution in [3.63, 3.8) is 0 Å². The maximum Gasteiger partial charge on any atom is 0.512 e. The van der Waals surface area contributed by atoms with E-state index in [1.807, 2.05) is 0 Å². The molecule has 0 unspecified atom stereocenters. The van der Waals surface area contributed by atoms with Gasteiger partial charge >= 0.3 is 31.1 Å². The number of sulfonamides is 2. The Bertz CT molecular complexity index is 390. The first-order chi connectivity index (χ1) is 6.21. The Morgan fingerprint density at radius 1 is 0.688 bits per heavy atom. The molecule has 0 aromatic rings. The van der Waals surface area contributed by atoms with E-state index in [4.69, 9.17) is 0 Å². The van der Waals surface area contributed by atoms with E-state index >= 15 is 0 Å². The average molecular weight is 421 g/mol. The van der Waals surface area contributed by atoms with Crippen molar-refractivity contribution >= 4 is 20.0 Å². The molecule has 96 valence electrons. The number of alkyl halides is 6. The summed E-state index contributed by atoms with van der Waals surface area (Å²) in [4.78, 5) is 0. The van der Waals surface area contributed by atoms with E-state index in [0.29, 0.717) is 0 Å². The minimum atomic E-state index is -6.60. The molecular formula is C2HCeF6NO4S2. The van der Waals surface area contributed by atoms with Gasteiger partial charge in [0.05, 0.1) is 0 Å². The third-order valence-corrected chi connectivity index (χ3v) is 3.80. The van der Waals surface area contributed by atoms with E-state index in [0.717, 1.165) is 0 Å². The fourth-order valence-corrected chi connectivity index (χ4v) is 2.15. The zero-order valence-electron chi connectivity index (χ0n) is 6.72. The predicted molar refractivity (Wildman–Crippen MR) is 33.1 cm³/mol. The van der Waals surface area contributed by atoms with Crippen molar-refractivity contribution in [3.8, 4) is 0 Å². The third kappa shape index (κ3) is 4.59. The van der Waals surface area contributed by atoms with Crippen LogP contribution in [0.15, 0.2) is 0 Å². The Labute approximate surface area is 119 Å². The Hall–Kier alpha value is 0.817. The SMILES string of the molecule is O=S(=O)(NS(=O)(=O)C(F)(F)F)C(F)(F)F.[Ce]. The molecule has 0 atom stereocenters. The van der Waals surface area contributed by atoms with Gasteiger partial charge in [-0.1, -0.05) is 4.13 Å². The standard InChI is InChI=1S/C2HF6NO4S2.Ce/c3-1(4,5)14(10,11)9-15(12,13)2(6,7)8;/h9H;. The topological polar surface area (TPSA) is 80.3 Å². The average Bonchev–Trinajstić information content (AvgIpc) is 1.77. The van der Waals surface area contributed by atoms with E-state index in [1.165, 1.54) is 0 Å². The van der Waals surface area contributed by atoms with Crippen LogP contribution < -0.4 is 4.13 Å². The molecule has 16 heavy (non-hydrogen) atoms. The quantitative estimate of drug-likeness (QED) is 0.650. The Kier molecular flexibility index (Phi) is 6.24. The van der Waals surface area contributed by atoms with Crippen LogP contribution in [0.1, 0.15) is 0 Å². The van der Waals surface area contributed by atoms with Gasteiger partial charge in [0.2, 0.25) is 0 Å². The molecule has 5 nitrogen and oxygen atoms in total. The van der Waals surface area contributed by atoms with Gasteiger partial charge in [-0.05, 0) is 0 Å². The fourth-order valence-electron chi connectivity index (χ4n) is 0.239. The first kappa shape index (κ1) is 19.2. The molecule has 1 N–H and O–H groups in total. The minimum absolute atomic E-state index is 0. The normalized spacial score (nSPS) is 14.4. The maximum atomic E-state index is 11.5. The number of rotatable bonds is 2. The summed E-state index contributed by atoms with van der Waals surface area (Å²) < 4.78 is 108. The number of hydrogen-bond acceptors (Lipinski definition) is 4. The Morgan fingerprint density at radius 3 is 1.00 bits per heavy atom. The minimum Gasteiger partial charge on any atom is -0.202 e. The molecule has 0 aromatic heterocycles. The van der Waals surface area contributed by atoms with E-state index in [9.17, 15) is 43.2 Å². The van der Waals surface area contributed by atoms with Gasteiger partial charge in [0.15, 0.2) is 0 Å². The van der Waals surface area contributed by atoms with Crippen molar-refractivity contribution in [2.24, 2.45) is 0 Å². The first-order valence-corrected chi connectivity index (χ1v) is 5.58. The van der Waals surface area contributed by atoms with Crippen LogP contribution in [0.4, 0.5) is 26.3 Å². The van der Waals surface area contributed by atoms with Crippen LogP contribution in [-0.2, 0) is 20.0 Å². The molecule has 0 saturated carbocycles. The monoisotopic (exact) mass is 421 g/mol. The molecule has 0 amide bonds. The van der Waals surface area contributed by atoms with Crippen molar-refractivity contribution in [3.05, 3.63) is 0 Å². The van der Waals surface area contributed by atoms with Gasteiger partial charge in [0.25, 0.3) is 0 Å². The van der Waals surface area contributed by atoms with Gasteiger partial charge in [-0.2, -0.15) is 26.3 Å². The van der Waals surface area contributed by atoms with Gasteiger partial charge in [-0.25, -0.2) is 16.8 Å². The summed E-state index contributed by atoms with van der Waals surface area (Å²) in [5.74, 6) is 0. The van der Waals surface area contributed by atoms with Gasteiger partial charge in [-0.15, -0.1) is 0 Å². The third-order valence-electron chi connectivity index (χ3n) is 0.829. The van der Waals surface area contributed by atoms with E-state index in [2.05, 4.69) is 0 Å². The maximum absolute atomic E-state index is 11.5. The van der Waals surface area contributed by atoms with Crippen LogP contribution in [0.25, 0.3) is 0 Å². The van der Waals surface area contributed by atoms with Crippen LogP contribution in [0.5, 0.6) is 0 Å². The Balaban J connectivity index is 0. The predicted octanol–water partition coefficient (Wildman–Crippen LogP) is 0.275. The number of nitrogens with one attached hydrogen (secondary N) is 1. The van der Waals surface area contributed by atoms with Gasteiger partial charge in [0, 0.05) is 41.7 Å². The summed E-state index contributed by atoms with van der Waals surface area (Å²) >= 11 is 0. The van der Waals surface area contributed by atoms with Crippen molar-refractivity contribution in [2.75, 3.05) is 0 Å². The summed E-state index contributed by atoms with van der Waals surface area (Å²) in [6, 6.07) is 0. The van der Waals surface area contributed by atoms with Crippen molar-refractivity contribution < 1.29 is 84.9 Å². The second-order valence-electron chi connectivity index (χ2n) is 1.98. The van der Waals surface area contributed by atoms with Crippen molar-refractivity contribution in [2.45, 2.75) is 11.0 Å². The van der Waals surface area contributed by atoms with Crippen LogP contribution in [-0.4, -0.2) is 27.9 Å². The van der Waals surface area contributed by atoms with Crippen molar-refractivity contribution in [1.29, 1.82) is 0 Å². The molecule has 0 heterocycles. The molecule has 0 bridgehead atoms. The summed E-state index contributed by atoms with van der Waals surface area (Å²) in [5.41, 5.74) is -12.3. The first-order valence-electron chi connectivity index (χ1n) is 2.62. The molecule has 0 aliphatic heterocycles. The van der Waals surface area contributed by atoms with Gasteiger partial charge in [0.1, 0.15) is 0 Å². The Morgan fingerprint density at radius 2 is 0.875 bits per heavy atom. The molecule has 0 aliphatic rings. The van der Waals surface area contributed by atoms with E-state index < -0.39 is 35.2 Å². The summed E-state index contributed by atoms with van der Waals surface area (Å²) in [5, 5.41) is 0. The second kappa shape index (κ2) is 5.21. The van der Waals surface area contributed by atoms with E-state index in [1.54, 1.807) is 0 Å². The molecule has 0 rings (SSSR count). The summed E-state index contributed by atoms with van der Waals surface area (Å²) in [6.45, 7) is 0. The second-order valence-corrected chi connectivity index (χ2v) is 5.59. The van der Waals surface area contributed by atoms with Crippen LogP contribution in [0.3, 0.4) is 0 Å². The molecule has 0 radical (unpaired) electrons. The number of hydrogen-bond donors (Lipinski definition) is 1. The molecule has 0 spiro atoms. The molecular weight excluding hydrogens is 420 g/mol. The molecule has 0 aliphatic carbocycles. The van der Waals surface area contributed by atoms with Crippen LogP contribution >= 0.6 is 0 Å². The van der Waals surface area contributed by atoms with Crippen molar-refractivity contribution in [1.82, 2.24) is 4.13 Å². The zero-order chi connectivity index (χ0) is 12.7. The number of halogens is 6. The molecule has 0 fully saturated rings. The summed E-state index contributed by atoms with van der Waals surface area (Å²) in [6.07, 6.45) is 0. The zero-order valence-corrected chi connectivity index (χ0v) is 11.5. The molecule has 14 heteroatoms. The van der Waals surface area contributed by atoms with Gasteiger partial charge in [-0.3, -0.25) is 0 Å². The fraction of sp³-hybridized carbons (Fsp3) is 1.00. The van der Waals surface area contributed by atoms with Crippen LogP contribution in [0.2, 0.25) is 0 Å². The molecule has 0 aromatic carbocycles. The van der Waals surface area contributed by atoms with Gasteiger partial charge < -0.3 is 0 Å².